The summed E-state index contributed by atoms with van der Waals surface area (Å²) in [4.78, 5) is 0. The van der Waals surface area contributed by atoms with E-state index in [0.717, 1.165) is 33.0 Å². The van der Waals surface area contributed by atoms with Gasteiger partial charge in [-0.25, -0.2) is 0 Å². The Bertz CT molecular complexity index is 901. The van der Waals surface area contributed by atoms with Crippen LogP contribution < -0.4 is 5.73 Å². The van der Waals surface area contributed by atoms with Crippen molar-refractivity contribution in [3.8, 4) is 6.07 Å². The van der Waals surface area contributed by atoms with Crippen LogP contribution in [0.3, 0.4) is 0 Å². The fourth-order valence-electron chi connectivity index (χ4n) is 2.06. The lowest BCUT2D eigenvalue weighted by atomic mass is 10.0. The highest BCUT2D eigenvalue weighted by atomic mass is 16.3. The first-order chi connectivity index (χ1) is 9.19. The fraction of sp³-hybridized carbons (Fsp3) is 0.0625. The maximum atomic E-state index is 8.32. The lowest BCUT2D eigenvalue weighted by Crippen LogP contribution is -1.90. The number of hydrogen-bond donors (Lipinski definition) is 1. The maximum Gasteiger partial charge on any atom is 0.136 e. The van der Waals surface area contributed by atoms with E-state index in [1.165, 1.54) is 5.22 Å². The Balaban J connectivity index is 0.000000122. The Labute approximate surface area is 110 Å². The van der Waals surface area contributed by atoms with Gasteiger partial charge in [0.05, 0.1) is 17.9 Å². The van der Waals surface area contributed by atoms with Gasteiger partial charge in [0.2, 0.25) is 0 Å². The Hall–Kier alpha value is -2.73. The number of furan rings is 1. The van der Waals surface area contributed by atoms with Crippen LogP contribution in [0.2, 0.25) is 0 Å². The van der Waals surface area contributed by atoms with E-state index < -0.39 is 0 Å². The van der Waals surface area contributed by atoms with Crippen LogP contribution in [0.5, 0.6) is 0 Å². The highest BCUT2D eigenvalue weighted by Gasteiger charge is 2.02. The summed E-state index contributed by atoms with van der Waals surface area (Å²) < 4.78 is 5.25. The minimum absolute atomic E-state index is 0.742. The highest BCUT2D eigenvalue weighted by Crippen LogP contribution is 2.22. The Morgan fingerprint density at radius 1 is 1.16 bits per heavy atom. The summed E-state index contributed by atoms with van der Waals surface area (Å²) in [6.45, 7) is 2.02. The number of nitrogens with zero attached hydrogens (tertiary/aromatic N) is 1. The molecule has 1 aromatic heterocycles. The average molecular weight is 248 g/mol. The second kappa shape index (κ2) is 4.18. The third-order valence-electron chi connectivity index (χ3n) is 3.24. The number of hydrogen-bond acceptors (Lipinski definition) is 3. The maximum absolute atomic E-state index is 8.32. The Morgan fingerprint density at radius 2 is 2.00 bits per heavy atom. The highest BCUT2D eigenvalue weighted by molar-refractivity contribution is 5.83. The molecule has 0 radical (unpaired) electrons. The molecule has 2 aliphatic rings. The number of nitrogens with two attached hydrogens (primary N) is 1. The predicted octanol–water partition coefficient (Wildman–Crippen LogP) is 3.48. The third kappa shape index (κ3) is 1.84. The molecule has 19 heavy (non-hydrogen) atoms. The van der Waals surface area contributed by atoms with Crippen LogP contribution in [0.15, 0.2) is 47.1 Å². The molecule has 0 saturated heterocycles. The van der Waals surface area contributed by atoms with E-state index in [4.69, 9.17) is 15.4 Å². The number of anilines is 1. The molecule has 4 rings (SSSR count). The summed E-state index contributed by atoms with van der Waals surface area (Å²) in [5.74, 6) is 0. The van der Waals surface area contributed by atoms with Gasteiger partial charge < -0.3 is 10.2 Å². The van der Waals surface area contributed by atoms with E-state index in [9.17, 15) is 0 Å². The van der Waals surface area contributed by atoms with Crippen molar-refractivity contribution in [3.63, 3.8) is 0 Å². The van der Waals surface area contributed by atoms with Crippen molar-refractivity contribution in [1.82, 2.24) is 0 Å². The molecule has 0 atom stereocenters. The van der Waals surface area contributed by atoms with Crippen molar-refractivity contribution in [2.75, 3.05) is 5.73 Å². The van der Waals surface area contributed by atoms with Crippen molar-refractivity contribution in [2.24, 2.45) is 0 Å². The fourth-order valence-corrected chi connectivity index (χ4v) is 2.06. The standard InChI is InChI=1S/C9H9NO.C7H3N/c1-6-5-11-9-4-7(10)2-3-8(6)9;8-4-6-3-5-1-2-7(5)6/h2-5H,10H2,1H3;1-3H. The van der Waals surface area contributed by atoms with E-state index >= 15 is 0 Å². The zero-order valence-electron chi connectivity index (χ0n) is 10.5. The number of benzene rings is 2. The molecular weight excluding hydrogens is 236 g/mol. The number of aryl methyl sites for hydroxylation is 1. The lowest BCUT2D eigenvalue weighted by molar-refractivity contribution is 0.613. The van der Waals surface area contributed by atoms with E-state index in [1.807, 2.05) is 43.3 Å². The molecule has 2 aliphatic carbocycles. The van der Waals surface area contributed by atoms with Gasteiger partial charge in [-0.05, 0) is 41.1 Å². The van der Waals surface area contributed by atoms with E-state index in [1.54, 1.807) is 6.26 Å². The molecule has 0 unspecified atom stereocenters. The largest absolute Gasteiger partial charge is 0.464 e. The first kappa shape index (κ1) is 11.4. The van der Waals surface area contributed by atoms with Crippen molar-refractivity contribution in [3.05, 3.63) is 64.2 Å². The zero-order chi connectivity index (χ0) is 13.4. The van der Waals surface area contributed by atoms with Gasteiger partial charge >= 0.3 is 0 Å². The van der Waals surface area contributed by atoms with Gasteiger partial charge in [0, 0.05) is 17.1 Å². The first-order valence-electron chi connectivity index (χ1n) is 5.97. The summed E-state index contributed by atoms with van der Waals surface area (Å²) in [6, 6.07) is 13.7. The molecule has 2 aromatic rings. The quantitative estimate of drug-likeness (QED) is 0.484. The normalized spacial score (nSPS) is 10.5. The molecule has 1 aromatic carbocycles. The van der Waals surface area contributed by atoms with Crippen LogP contribution in [0, 0.1) is 28.7 Å². The molecule has 3 nitrogen and oxygen atoms in total. The van der Waals surface area contributed by atoms with Gasteiger partial charge in [-0.2, -0.15) is 5.26 Å². The van der Waals surface area contributed by atoms with Gasteiger partial charge in [0.15, 0.2) is 0 Å². The van der Waals surface area contributed by atoms with Crippen molar-refractivity contribution >= 4 is 16.7 Å². The van der Waals surface area contributed by atoms with Crippen LogP contribution in [0.4, 0.5) is 5.69 Å². The molecule has 1 heterocycles. The number of fused-ring (bicyclic) bond motifs is 1. The van der Waals surface area contributed by atoms with Crippen LogP contribution in [0.25, 0.3) is 11.0 Å². The van der Waals surface area contributed by atoms with Gasteiger partial charge in [-0.1, -0.05) is 12.1 Å². The topological polar surface area (TPSA) is 62.9 Å². The molecule has 0 bridgehead atoms. The second-order valence-electron chi connectivity index (χ2n) is 4.55. The summed E-state index contributed by atoms with van der Waals surface area (Å²) in [6.07, 6.45) is 1.74. The summed E-state index contributed by atoms with van der Waals surface area (Å²) >= 11 is 0. The Kier molecular flexibility index (Phi) is 2.50. The minimum atomic E-state index is 0.742. The number of rotatable bonds is 0. The first-order valence-corrected chi connectivity index (χ1v) is 5.97. The number of nitriles is 1. The molecule has 0 saturated carbocycles. The summed E-state index contributed by atoms with van der Waals surface area (Å²) in [5, 5.41) is 11.8. The molecule has 0 spiro atoms. The second-order valence-corrected chi connectivity index (χ2v) is 4.55. The van der Waals surface area contributed by atoms with Crippen LogP contribution in [-0.2, 0) is 0 Å². The molecule has 0 fully saturated rings. The van der Waals surface area contributed by atoms with E-state index in [2.05, 4.69) is 6.07 Å². The van der Waals surface area contributed by atoms with Crippen LogP contribution in [-0.4, -0.2) is 0 Å². The molecular formula is C16H12N2O. The van der Waals surface area contributed by atoms with Crippen molar-refractivity contribution in [1.29, 1.82) is 5.26 Å². The molecule has 0 aliphatic heterocycles. The van der Waals surface area contributed by atoms with Crippen LogP contribution in [0.1, 0.15) is 11.1 Å². The Morgan fingerprint density at radius 3 is 2.53 bits per heavy atom. The van der Waals surface area contributed by atoms with Gasteiger partial charge in [-0.3, -0.25) is 0 Å². The lowest BCUT2D eigenvalue weighted by Gasteiger charge is -2.01. The number of nitrogen functional groups attached to an aromatic ring is 1. The summed E-state index contributed by atoms with van der Waals surface area (Å²) in [7, 11) is 0. The molecule has 0 amide bonds. The smallest absolute Gasteiger partial charge is 0.136 e. The van der Waals surface area contributed by atoms with Gasteiger partial charge in [-0.15, -0.1) is 0 Å². The molecule has 3 heteroatoms. The van der Waals surface area contributed by atoms with E-state index in [-0.39, 0.29) is 0 Å². The van der Waals surface area contributed by atoms with Gasteiger partial charge in [0.1, 0.15) is 5.58 Å². The monoisotopic (exact) mass is 248 g/mol. The minimum Gasteiger partial charge on any atom is -0.464 e. The van der Waals surface area contributed by atoms with Crippen LogP contribution >= 0.6 is 0 Å². The predicted molar refractivity (Wildman–Crippen MR) is 74.2 cm³/mol. The molecule has 92 valence electrons. The average Bonchev–Trinajstić information content (AvgIpc) is 2.74. The third-order valence-corrected chi connectivity index (χ3v) is 3.24. The SMILES string of the molecule is Cc1coc2cc(N)ccc12.N#Cc1cc2ccc1=2. The van der Waals surface area contributed by atoms with Gasteiger partial charge in [0.25, 0.3) is 0 Å². The summed E-state index contributed by atoms with van der Waals surface area (Å²) in [5.41, 5.74) is 9.17. The zero-order valence-corrected chi connectivity index (χ0v) is 10.5. The van der Waals surface area contributed by atoms with Crippen molar-refractivity contribution < 1.29 is 4.42 Å². The van der Waals surface area contributed by atoms with Crippen molar-refractivity contribution in [2.45, 2.75) is 6.92 Å². The van der Waals surface area contributed by atoms with E-state index in [0.29, 0.717) is 0 Å². The molecule has 2 N–H and O–H groups in total.